The van der Waals surface area contributed by atoms with Gasteiger partial charge in [-0.05, 0) is 11.6 Å². The van der Waals surface area contributed by atoms with Gasteiger partial charge in [0.25, 0.3) is 0 Å². The molecule has 0 bridgehead atoms. The molecule has 0 saturated carbocycles. The van der Waals surface area contributed by atoms with Crippen LogP contribution in [0.15, 0.2) is 42.6 Å². The number of benzene rings is 1. The molecule has 4 nitrogen and oxygen atoms in total. The van der Waals surface area contributed by atoms with E-state index >= 15 is 0 Å². The van der Waals surface area contributed by atoms with Crippen LogP contribution < -0.4 is 10.6 Å². The molecular formula is C15H13ClF3N3O. The molecule has 0 aliphatic heterocycles. The molecular weight excluding hydrogens is 331 g/mol. The van der Waals surface area contributed by atoms with Gasteiger partial charge in [-0.3, -0.25) is 4.79 Å². The molecule has 0 unspecified atom stereocenters. The summed E-state index contributed by atoms with van der Waals surface area (Å²) in [5.74, 6) is -0.304. The fraction of sp³-hybridized carbons (Fsp3) is 0.200. The lowest BCUT2D eigenvalue weighted by Gasteiger charge is -2.11. The van der Waals surface area contributed by atoms with Crippen LogP contribution in [0.25, 0.3) is 0 Å². The number of nitrogens with one attached hydrogen (secondary N) is 2. The second-order valence-electron chi connectivity index (χ2n) is 4.67. The van der Waals surface area contributed by atoms with Crippen molar-refractivity contribution >= 4 is 23.3 Å². The van der Waals surface area contributed by atoms with Crippen LogP contribution in [0.1, 0.15) is 11.1 Å². The van der Waals surface area contributed by atoms with Crippen molar-refractivity contribution < 1.29 is 18.0 Å². The molecule has 2 aromatic rings. The lowest BCUT2D eigenvalue weighted by atomic mass is 10.2. The number of anilines is 1. The van der Waals surface area contributed by atoms with Crippen molar-refractivity contribution in [2.75, 3.05) is 11.9 Å². The van der Waals surface area contributed by atoms with E-state index < -0.39 is 11.7 Å². The fourth-order valence-corrected chi connectivity index (χ4v) is 1.98. The van der Waals surface area contributed by atoms with Crippen LogP contribution in [0.5, 0.6) is 0 Å². The molecule has 0 atom stereocenters. The smallest absolute Gasteiger partial charge is 0.360 e. The van der Waals surface area contributed by atoms with E-state index in [4.69, 9.17) is 11.6 Å². The van der Waals surface area contributed by atoms with Crippen LogP contribution in [0, 0.1) is 0 Å². The maximum Gasteiger partial charge on any atom is 0.417 e. The number of alkyl halides is 3. The maximum atomic E-state index is 12.5. The van der Waals surface area contributed by atoms with E-state index in [0.717, 1.165) is 11.6 Å². The van der Waals surface area contributed by atoms with E-state index in [-0.39, 0.29) is 23.3 Å². The molecule has 1 aromatic carbocycles. The number of pyridine rings is 1. The second kappa shape index (κ2) is 7.32. The Morgan fingerprint density at radius 1 is 1.22 bits per heavy atom. The number of carbonyl (C=O) groups is 1. The summed E-state index contributed by atoms with van der Waals surface area (Å²) in [5.41, 5.74) is -0.00637. The van der Waals surface area contributed by atoms with E-state index in [2.05, 4.69) is 15.6 Å². The zero-order chi connectivity index (χ0) is 16.9. The third-order valence-corrected chi connectivity index (χ3v) is 3.21. The van der Waals surface area contributed by atoms with Gasteiger partial charge >= 0.3 is 6.18 Å². The van der Waals surface area contributed by atoms with Gasteiger partial charge in [0.15, 0.2) is 0 Å². The van der Waals surface area contributed by atoms with Gasteiger partial charge in [0.1, 0.15) is 5.82 Å². The number of aromatic nitrogens is 1. The lowest BCUT2D eigenvalue weighted by Crippen LogP contribution is -2.29. The number of hydrogen-bond acceptors (Lipinski definition) is 3. The Morgan fingerprint density at radius 2 is 1.91 bits per heavy atom. The van der Waals surface area contributed by atoms with Crippen LogP contribution in [0.4, 0.5) is 19.0 Å². The highest BCUT2D eigenvalue weighted by molar-refractivity contribution is 6.33. The van der Waals surface area contributed by atoms with E-state index in [1.807, 2.05) is 30.3 Å². The predicted octanol–water partition coefficient (Wildman–Crippen LogP) is 3.48. The summed E-state index contributed by atoms with van der Waals surface area (Å²) in [6, 6.07) is 10.1. The van der Waals surface area contributed by atoms with Gasteiger partial charge in [0, 0.05) is 12.7 Å². The number of amides is 1. The van der Waals surface area contributed by atoms with Crippen molar-refractivity contribution in [3.63, 3.8) is 0 Å². The highest BCUT2D eigenvalue weighted by Crippen LogP contribution is 2.32. The van der Waals surface area contributed by atoms with Gasteiger partial charge in [-0.1, -0.05) is 41.9 Å². The average molecular weight is 344 g/mol. The zero-order valence-corrected chi connectivity index (χ0v) is 12.6. The van der Waals surface area contributed by atoms with Crippen molar-refractivity contribution in [3.05, 3.63) is 58.7 Å². The van der Waals surface area contributed by atoms with Gasteiger partial charge in [0.2, 0.25) is 5.91 Å². The Hall–Kier alpha value is -2.28. The van der Waals surface area contributed by atoms with Gasteiger partial charge in [0.05, 0.1) is 17.1 Å². The first-order valence-electron chi connectivity index (χ1n) is 6.63. The Morgan fingerprint density at radius 3 is 2.52 bits per heavy atom. The van der Waals surface area contributed by atoms with Crippen LogP contribution in [0.3, 0.4) is 0 Å². The molecule has 2 rings (SSSR count). The monoisotopic (exact) mass is 343 g/mol. The summed E-state index contributed by atoms with van der Waals surface area (Å²) in [4.78, 5) is 15.3. The number of rotatable bonds is 5. The fourth-order valence-electron chi connectivity index (χ4n) is 1.75. The number of nitrogens with zero attached hydrogens (tertiary/aromatic N) is 1. The van der Waals surface area contributed by atoms with Crippen molar-refractivity contribution in [1.29, 1.82) is 0 Å². The highest BCUT2D eigenvalue weighted by Gasteiger charge is 2.31. The predicted molar refractivity (Wildman–Crippen MR) is 81.0 cm³/mol. The Labute approximate surface area is 135 Å². The second-order valence-corrected chi connectivity index (χ2v) is 5.08. The van der Waals surface area contributed by atoms with Crippen LogP contribution in [-0.4, -0.2) is 17.4 Å². The molecule has 0 aliphatic rings. The summed E-state index contributed by atoms with van der Waals surface area (Å²) in [6.07, 6.45) is -3.85. The minimum atomic E-state index is -4.51. The summed E-state index contributed by atoms with van der Waals surface area (Å²) in [5, 5.41) is 5.08. The molecule has 0 aliphatic carbocycles. The van der Waals surface area contributed by atoms with Gasteiger partial charge in [-0.15, -0.1) is 0 Å². The van der Waals surface area contributed by atoms with E-state index in [9.17, 15) is 18.0 Å². The first kappa shape index (κ1) is 17.1. The van der Waals surface area contributed by atoms with Crippen molar-refractivity contribution in [3.8, 4) is 0 Å². The molecule has 8 heteroatoms. The van der Waals surface area contributed by atoms with Crippen LogP contribution >= 0.6 is 11.6 Å². The lowest BCUT2D eigenvalue weighted by molar-refractivity contribution is -0.137. The minimum Gasteiger partial charge on any atom is -0.360 e. The third kappa shape index (κ3) is 5.14. The molecule has 1 amide bonds. The molecule has 2 N–H and O–H groups in total. The molecule has 0 saturated heterocycles. The largest absolute Gasteiger partial charge is 0.417 e. The van der Waals surface area contributed by atoms with Crippen LogP contribution in [-0.2, 0) is 17.5 Å². The molecule has 1 heterocycles. The molecule has 23 heavy (non-hydrogen) atoms. The Kier molecular flexibility index (Phi) is 5.44. The average Bonchev–Trinajstić information content (AvgIpc) is 2.51. The van der Waals surface area contributed by atoms with Gasteiger partial charge < -0.3 is 10.6 Å². The van der Waals surface area contributed by atoms with Crippen molar-refractivity contribution in [1.82, 2.24) is 10.3 Å². The zero-order valence-electron chi connectivity index (χ0n) is 11.8. The molecule has 0 spiro atoms. The topological polar surface area (TPSA) is 54.0 Å². The van der Waals surface area contributed by atoms with Crippen molar-refractivity contribution in [2.45, 2.75) is 12.7 Å². The van der Waals surface area contributed by atoms with Gasteiger partial charge in [-0.25, -0.2) is 4.98 Å². The first-order valence-corrected chi connectivity index (χ1v) is 7.01. The summed E-state index contributed by atoms with van der Waals surface area (Å²) < 4.78 is 37.5. The summed E-state index contributed by atoms with van der Waals surface area (Å²) in [6.45, 7) is 0.209. The van der Waals surface area contributed by atoms with E-state index in [1.165, 1.54) is 0 Å². The molecule has 1 aromatic heterocycles. The Balaban J connectivity index is 1.87. The minimum absolute atomic E-state index is 0.0227. The van der Waals surface area contributed by atoms with Gasteiger partial charge in [-0.2, -0.15) is 13.2 Å². The molecule has 122 valence electrons. The maximum absolute atomic E-state index is 12.5. The van der Waals surface area contributed by atoms with Crippen molar-refractivity contribution in [2.24, 2.45) is 0 Å². The first-order chi connectivity index (χ1) is 10.9. The standard InChI is InChI=1S/C15H13ClF3N3O/c16-12-6-11(15(17,18)19)8-21-14(12)22-9-13(23)20-7-10-4-2-1-3-5-10/h1-6,8H,7,9H2,(H,20,23)(H,21,22). The molecule has 0 fully saturated rings. The highest BCUT2D eigenvalue weighted by atomic mass is 35.5. The number of carbonyl (C=O) groups excluding carboxylic acids is 1. The Bertz CT molecular complexity index is 677. The summed E-state index contributed by atoms with van der Waals surface area (Å²) in [7, 11) is 0. The number of halogens is 4. The van der Waals surface area contributed by atoms with Crippen LogP contribution in [0.2, 0.25) is 5.02 Å². The third-order valence-electron chi connectivity index (χ3n) is 2.92. The summed E-state index contributed by atoms with van der Waals surface area (Å²) >= 11 is 5.74. The number of hydrogen-bond donors (Lipinski definition) is 2. The SMILES string of the molecule is O=C(CNc1ncc(C(F)(F)F)cc1Cl)NCc1ccccc1. The quantitative estimate of drug-likeness (QED) is 0.874. The normalized spacial score (nSPS) is 11.1. The van der Waals surface area contributed by atoms with E-state index in [1.54, 1.807) is 0 Å². The molecule has 0 radical (unpaired) electrons. The van der Waals surface area contributed by atoms with E-state index in [0.29, 0.717) is 12.7 Å².